The maximum atomic E-state index is 12.9. The molecule has 1 fully saturated rings. The zero-order chi connectivity index (χ0) is 26.6. The molecule has 3 aromatic heterocycles. The average molecular weight is 544 g/mol. The van der Waals surface area contributed by atoms with Crippen molar-refractivity contribution in [3.8, 4) is 5.88 Å². The van der Waals surface area contributed by atoms with Gasteiger partial charge >= 0.3 is 6.18 Å². The number of halogens is 5. The standard InChI is InChI=1S/C22H22F5N7O2S/c1-12-19(21(37-33-12)32-17-9-28-15(8-29-17)22(25,26)27)20(35)31-13-4-5-18(30-7-13)36-14-3-2-6-34(10-14)11-16(23)24/h4-5,7-9,14,16H,2-3,6,10-11H2,1H3,(H,29,32)(H,31,35)/t14-/m1/s1. The molecule has 0 saturated carbocycles. The Balaban J connectivity index is 1.37. The third-order valence-electron chi connectivity index (χ3n) is 5.41. The molecule has 2 N–H and O–H groups in total. The van der Waals surface area contributed by atoms with Gasteiger partial charge in [0.2, 0.25) is 5.88 Å². The molecule has 3 aromatic rings. The normalized spacial score (nSPS) is 16.6. The van der Waals surface area contributed by atoms with Gasteiger partial charge in [0.25, 0.3) is 12.3 Å². The molecule has 0 aromatic carbocycles. The maximum absolute atomic E-state index is 12.9. The number of nitrogens with one attached hydrogen (secondary N) is 2. The van der Waals surface area contributed by atoms with E-state index in [-0.39, 0.29) is 29.0 Å². The fourth-order valence-electron chi connectivity index (χ4n) is 3.74. The molecule has 0 radical (unpaired) electrons. The largest absolute Gasteiger partial charge is 0.473 e. The summed E-state index contributed by atoms with van der Waals surface area (Å²) in [6.07, 6.45) is -2.90. The van der Waals surface area contributed by atoms with Crippen molar-refractivity contribution in [3.05, 3.63) is 47.7 Å². The van der Waals surface area contributed by atoms with Gasteiger partial charge in [-0.05, 0) is 43.9 Å². The number of alkyl halides is 5. The van der Waals surface area contributed by atoms with Crippen LogP contribution < -0.4 is 15.4 Å². The highest BCUT2D eigenvalue weighted by Gasteiger charge is 2.33. The van der Waals surface area contributed by atoms with Crippen LogP contribution in [0.5, 0.6) is 5.88 Å². The van der Waals surface area contributed by atoms with Gasteiger partial charge in [-0.2, -0.15) is 17.5 Å². The van der Waals surface area contributed by atoms with E-state index in [9.17, 15) is 26.7 Å². The van der Waals surface area contributed by atoms with Crippen molar-refractivity contribution in [2.24, 2.45) is 0 Å². The SMILES string of the molecule is Cc1nsc(Nc2cnc(C(F)(F)F)cn2)c1C(=O)Nc1ccc(O[C@@H]2CCCN(CC(F)F)C2)nc1. The Morgan fingerprint density at radius 1 is 1.22 bits per heavy atom. The molecule has 1 aliphatic rings. The van der Waals surface area contributed by atoms with E-state index in [1.807, 2.05) is 0 Å². The quantitative estimate of drug-likeness (QED) is 0.392. The number of aryl methyl sites for hydroxylation is 1. The van der Waals surface area contributed by atoms with Crippen LogP contribution in [0.1, 0.15) is 34.6 Å². The molecule has 9 nitrogen and oxygen atoms in total. The molecule has 0 aliphatic carbocycles. The Kier molecular flexibility index (Phi) is 8.12. The van der Waals surface area contributed by atoms with E-state index >= 15 is 0 Å². The average Bonchev–Trinajstić information content (AvgIpc) is 3.20. The molecule has 1 saturated heterocycles. The number of amides is 1. The van der Waals surface area contributed by atoms with Gasteiger partial charge in [0.15, 0.2) is 5.69 Å². The molecule has 4 heterocycles. The van der Waals surface area contributed by atoms with Crippen molar-refractivity contribution in [2.45, 2.75) is 38.5 Å². The van der Waals surface area contributed by atoms with Crippen molar-refractivity contribution in [2.75, 3.05) is 30.3 Å². The number of hydrogen-bond acceptors (Lipinski definition) is 9. The lowest BCUT2D eigenvalue weighted by Crippen LogP contribution is -2.43. The van der Waals surface area contributed by atoms with Crippen LogP contribution in [-0.2, 0) is 6.18 Å². The predicted octanol–water partition coefficient (Wildman–Crippen LogP) is 4.76. The number of nitrogens with zero attached hydrogens (tertiary/aromatic N) is 5. The maximum Gasteiger partial charge on any atom is 0.434 e. The molecule has 0 unspecified atom stereocenters. The lowest BCUT2D eigenvalue weighted by Gasteiger charge is -2.32. The topological polar surface area (TPSA) is 105 Å². The number of carbonyl (C=O) groups excluding carboxylic acids is 1. The van der Waals surface area contributed by atoms with E-state index < -0.39 is 24.2 Å². The summed E-state index contributed by atoms with van der Waals surface area (Å²) in [5.41, 5.74) is -0.173. The Labute approximate surface area is 212 Å². The second kappa shape index (κ2) is 11.3. The number of hydrogen-bond donors (Lipinski definition) is 2. The molecule has 1 amide bonds. The fourth-order valence-corrected chi connectivity index (χ4v) is 4.54. The van der Waals surface area contributed by atoms with Crippen LogP contribution in [0.2, 0.25) is 0 Å². The van der Waals surface area contributed by atoms with E-state index in [0.29, 0.717) is 36.5 Å². The molecule has 198 valence electrons. The zero-order valence-corrected chi connectivity index (χ0v) is 20.2. The number of aromatic nitrogens is 4. The lowest BCUT2D eigenvalue weighted by atomic mass is 10.1. The van der Waals surface area contributed by atoms with Gasteiger partial charge in [0, 0.05) is 12.6 Å². The van der Waals surface area contributed by atoms with Gasteiger partial charge in [-0.3, -0.25) is 9.69 Å². The lowest BCUT2D eigenvalue weighted by molar-refractivity contribution is -0.141. The molecule has 1 aliphatic heterocycles. The Morgan fingerprint density at radius 3 is 2.68 bits per heavy atom. The first kappa shape index (κ1) is 26.6. The highest BCUT2D eigenvalue weighted by atomic mass is 32.1. The molecular weight excluding hydrogens is 521 g/mol. The van der Waals surface area contributed by atoms with Crippen LogP contribution in [-0.4, -0.2) is 62.3 Å². The van der Waals surface area contributed by atoms with Crippen LogP contribution in [0.3, 0.4) is 0 Å². The van der Waals surface area contributed by atoms with Crippen molar-refractivity contribution < 1.29 is 31.5 Å². The van der Waals surface area contributed by atoms with E-state index in [2.05, 4.69) is 30.0 Å². The monoisotopic (exact) mass is 543 g/mol. The third kappa shape index (κ3) is 7.07. The molecule has 0 bridgehead atoms. The number of pyridine rings is 1. The molecule has 4 rings (SSSR count). The molecule has 15 heteroatoms. The predicted molar refractivity (Wildman–Crippen MR) is 125 cm³/mol. The zero-order valence-electron chi connectivity index (χ0n) is 19.4. The number of ether oxygens (including phenoxy) is 1. The minimum atomic E-state index is -4.61. The molecule has 37 heavy (non-hydrogen) atoms. The Bertz CT molecular complexity index is 1210. The first-order valence-electron chi connectivity index (χ1n) is 11.2. The van der Waals surface area contributed by atoms with E-state index in [4.69, 9.17) is 4.74 Å². The fraction of sp³-hybridized carbons (Fsp3) is 0.409. The van der Waals surface area contributed by atoms with Crippen LogP contribution in [0.4, 0.5) is 38.5 Å². The first-order valence-corrected chi connectivity index (χ1v) is 11.9. The summed E-state index contributed by atoms with van der Waals surface area (Å²) in [7, 11) is 0. The van der Waals surface area contributed by atoms with Gasteiger partial charge in [0.05, 0.1) is 42.1 Å². The second-order valence-electron chi connectivity index (χ2n) is 8.25. The van der Waals surface area contributed by atoms with Crippen LogP contribution in [0, 0.1) is 6.92 Å². The van der Waals surface area contributed by atoms with Gasteiger partial charge in [-0.1, -0.05) is 0 Å². The van der Waals surface area contributed by atoms with Crippen molar-refractivity contribution in [3.63, 3.8) is 0 Å². The highest BCUT2D eigenvalue weighted by molar-refractivity contribution is 7.10. The van der Waals surface area contributed by atoms with Crippen LogP contribution in [0.25, 0.3) is 0 Å². The van der Waals surface area contributed by atoms with Crippen molar-refractivity contribution in [1.29, 1.82) is 0 Å². The summed E-state index contributed by atoms with van der Waals surface area (Å²) in [5.74, 6) is -0.193. The van der Waals surface area contributed by atoms with E-state index in [1.54, 1.807) is 24.0 Å². The van der Waals surface area contributed by atoms with Gasteiger partial charge in [-0.25, -0.2) is 23.7 Å². The number of likely N-dealkylation sites (tertiary alicyclic amines) is 1. The molecule has 0 spiro atoms. The molecule has 1 atom stereocenters. The third-order valence-corrected chi connectivity index (χ3v) is 6.27. The Hall–Kier alpha value is -3.46. The summed E-state index contributed by atoms with van der Waals surface area (Å²) in [6.45, 7) is 2.30. The van der Waals surface area contributed by atoms with E-state index in [0.717, 1.165) is 30.6 Å². The van der Waals surface area contributed by atoms with Crippen molar-refractivity contribution in [1.82, 2.24) is 24.2 Å². The highest BCUT2D eigenvalue weighted by Crippen LogP contribution is 2.30. The summed E-state index contributed by atoms with van der Waals surface area (Å²) >= 11 is 0.947. The van der Waals surface area contributed by atoms with Gasteiger partial charge in [-0.15, -0.1) is 0 Å². The summed E-state index contributed by atoms with van der Waals surface area (Å²) in [5, 5.41) is 5.75. The minimum absolute atomic E-state index is 0.0173. The molecular formula is C22H22F5N7O2S. The minimum Gasteiger partial charge on any atom is -0.473 e. The smallest absolute Gasteiger partial charge is 0.434 e. The summed E-state index contributed by atoms with van der Waals surface area (Å²) < 4.78 is 73.4. The van der Waals surface area contributed by atoms with Crippen LogP contribution >= 0.6 is 11.5 Å². The van der Waals surface area contributed by atoms with E-state index in [1.165, 1.54) is 6.20 Å². The number of piperidine rings is 1. The number of carbonyl (C=O) groups is 1. The first-order chi connectivity index (χ1) is 17.6. The van der Waals surface area contributed by atoms with Gasteiger partial charge in [0.1, 0.15) is 16.9 Å². The number of anilines is 3. The van der Waals surface area contributed by atoms with Crippen LogP contribution in [0.15, 0.2) is 30.7 Å². The summed E-state index contributed by atoms with van der Waals surface area (Å²) in [6, 6.07) is 3.15. The van der Waals surface area contributed by atoms with Crippen molar-refractivity contribution >= 4 is 33.9 Å². The van der Waals surface area contributed by atoms with Gasteiger partial charge < -0.3 is 15.4 Å². The number of rotatable bonds is 8. The Morgan fingerprint density at radius 2 is 2.03 bits per heavy atom. The second-order valence-corrected chi connectivity index (χ2v) is 9.03. The summed E-state index contributed by atoms with van der Waals surface area (Å²) in [4.78, 5) is 25.8.